The fraction of sp³-hybridized carbons (Fsp3) is 0.727. The predicted octanol–water partition coefficient (Wildman–Crippen LogP) is 0.595. The van der Waals surface area contributed by atoms with Crippen LogP contribution in [0, 0.1) is 5.41 Å². The summed E-state index contributed by atoms with van der Waals surface area (Å²) in [6.45, 7) is 5.94. The lowest BCUT2D eigenvalue weighted by Crippen LogP contribution is -2.29. The first-order valence-corrected chi connectivity index (χ1v) is 5.78. The van der Waals surface area contributed by atoms with Crippen molar-refractivity contribution in [1.29, 1.82) is 0 Å². The Morgan fingerprint density at radius 2 is 2.47 bits per heavy atom. The molecule has 0 bridgehead atoms. The Morgan fingerprint density at radius 1 is 1.47 bits per heavy atom. The van der Waals surface area contributed by atoms with Crippen molar-refractivity contribution in [2.24, 2.45) is 5.41 Å². The first-order valence-electron chi connectivity index (χ1n) is 5.78. The van der Waals surface area contributed by atoms with Crippen molar-refractivity contribution in [1.82, 2.24) is 20.4 Å². The summed E-state index contributed by atoms with van der Waals surface area (Å²) in [5.41, 5.74) is 1.82. The molecule has 1 unspecified atom stereocenters. The topological polar surface area (TPSA) is 44.0 Å². The summed E-state index contributed by atoms with van der Waals surface area (Å²) >= 11 is 0. The van der Waals surface area contributed by atoms with Gasteiger partial charge in [-0.25, -0.2) is 0 Å². The van der Waals surface area contributed by atoms with Gasteiger partial charge in [-0.2, -0.15) is 5.10 Å². The molecular formula is C11H18N4. The lowest BCUT2D eigenvalue weighted by Gasteiger charge is -2.22. The van der Waals surface area contributed by atoms with E-state index in [2.05, 4.69) is 26.5 Å². The van der Waals surface area contributed by atoms with Gasteiger partial charge >= 0.3 is 0 Å². The number of rotatable bonds is 2. The highest BCUT2D eigenvalue weighted by atomic mass is 15.2. The van der Waals surface area contributed by atoms with Crippen LogP contribution >= 0.6 is 0 Å². The SMILES string of the molecule is c1cc(CN2CCC3(CCNC3)C2)[nH]n1. The Balaban J connectivity index is 1.61. The van der Waals surface area contributed by atoms with E-state index >= 15 is 0 Å². The first-order chi connectivity index (χ1) is 7.36. The van der Waals surface area contributed by atoms with E-state index in [-0.39, 0.29) is 0 Å². The van der Waals surface area contributed by atoms with E-state index < -0.39 is 0 Å². The molecule has 0 radical (unpaired) electrons. The van der Waals surface area contributed by atoms with Gasteiger partial charge in [0.25, 0.3) is 0 Å². The minimum Gasteiger partial charge on any atom is -0.316 e. The van der Waals surface area contributed by atoms with Gasteiger partial charge in [0.05, 0.1) is 0 Å². The Bertz CT molecular complexity index is 313. The van der Waals surface area contributed by atoms with Crippen LogP contribution in [0.1, 0.15) is 18.5 Å². The molecule has 4 heteroatoms. The molecule has 15 heavy (non-hydrogen) atoms. The van der Waals surface area contributed by atoms with Crippen LogP contribution in [0.2, 0.25) is 0 Å². The Kier molecular flexibility index (Phi) is 2.25. The zero-order valence-electron chi connectivity index (χ0n) is 9.00. The molecule has 1 aromatic heterocycles. The van der Waals surface area contributed by atoms with Crippen LogP contribution in [0.5, 0.6) is 0 Å². The Hall–Kier alpha value is -0.870. The second-order valence-corrected chi connectivity index (χ2v) is 4.97. The number of aromatic amines is 1. The summed E-state index contributed by atoms with van der Waals surface area (Å²) < 4.78 is 0. The Labute approximate surface area is 90.0 Å². The van der Waals surface area contributed by atoms with Crippen molar-refractivity contribution >= 4 is 0 Å². The average molecular weight is 206 g/mol. The Morgan fingerprint density at radius 3 is 3.20 bits per heavy atom. The summed E-state index contributed by atoms with van der Waals surface area (Å²) in [5.74, 6) is 0. The summed E-state index contributed by atoms with van der Waals surface area (Å²) in [6.07, 6.45) is 4.54. The van der Waals surface area contributed by atoms with Crippen molar-refractivity contribution in [3.63, 3.8) is 0 Å². The summed E-state index contributed by atoms with van der Waals surface area (Å²) in [4.78, 5) is 2.54. The number of hydrogen-bond acceptors (Lipinski definition) is 3. The molecular weight excluding hydrogens is 188 g/mol. The number of hydrogen-bond donors (Lipinski definition) is 2. The predicted molar refractivity (Wildman–Crippen MR) is 58.4 cm³/mol. The van der Waals surface area contributed by atoms with Gasteiger partial charge < -0.3 is 5.32 Å². The fourth-order valence-corrected chi connectivity index (χ4v) is 2.92. The number of H-pyrrole nitrogens is 1. The molecule has 0 saturated carbocycles. The van der Waals surface area contributed by atoms with E-state index in [4.69, 9.17) is 0 Å². The molecule has 3 rings (SSSR count). The number of likely N-dealkylation sites (tertiary alicyclic amines) is 1. The third kappa shape index (κ3) is 1.79. The van der Waals surface area contributed by atoms with Crippen LogP contribution < -0.4 is 5.32 Å². The monoisotopic (exact) mass is 206 g/mol. The van der Waals surface area contributed by atoms with E-state index in [1.807, 2.05) is 6.20 Å². The van der Waals surface area contributed by atoms with Crippen LogP contribution in [0.25, 0.3) is 0 Å². The van der Waals surface area contributed by atoms with Crippen LogP contribution in [-0.2, 0) is 6.54 Å². The maximum absolute atomic E-state index is 3.99. The van der Waals surface area contributed by atoms with Crippen molar-refractivity contribution in [3.8, 4) is 0 Å². The lowest BCUT2D eigenvalue weighted by atomic mass is 9.87. The van der Waals surface area contributed by atoms with Gasteiger partial charge in [-0.1, -0.05) is 0 Å². The molecule has 2 aliphatic heterocycles. The molecule has 2 saturated heterocycles. The molecule has 2 aliphatic rings. The van der Waals surface area contributed by atoms with Crippen LogP contribution in [-0.4, -0.2) is 41.3 Å². The normalized spacial score (nSPS) is 31.7. The molecule has 1 spiro atoms. The molecule has 2 fully saturated rings. The highest BCUT2D eigenvalue weighted by Gasteiger charge is 2.40. The summed E-state index contributed by atoms with van der Waals surface area (Å²) in [7, 11) is 0. The highest BCUT2D eigenvalue weighted by Crippen LogP contribution is 2.36. The van der Waals surface area contributed by atoms with Gasteiger partial charge in [0.1, 0.15) is 0 Å². The molecule has 0 aliphatic carbocycles. The van der Waals surface area contributed by atoms with E-state index in [9.17, 15) is 0 Å². The molecule has 2 N–H and O–H groups in total. The lowest BCUT2D eigenvalue weighted by molar-refractivity contribution is 0.266. The highest BCUT2D eigenvalue weighted by molar-refractivity contribution is 5.01. The number of aromatic nitrogens is 2. The van der Waals surface area contributed by atoms with Crippen LogP contribution in [0.15, 0.2) is 12.3 Å². The van der Waals surface area contributed by atoms with Crippen LogP contribution in [0.4, 0.5) is 0 Å². The van der Waals surface area contributed by atoms with E-state index in [0.29, 0.717) is 5.41 Å². The van der Waals surface area contributed by atoms with Crippen molar-refractivity contribution in [2.75, 3.05) is 26.2 Å². The zero-order chi connectivity index (χ0) is 10.1. The van der Waals surface area contributed by atoms with E-state index in [0.717, 1.165) is 6.54 Å². The first kappa shape index (κ1) is 9.36. The molecule has 82 valence electrons. The second-order valence-electron chi connectivity index (χ2n) is 4.97. The third-order valence-corrected chi connectivity index (χ3v) is 3.80. The molecule has 0 amide bonds. The smallest absolute Gasteiger partial charge is 0.0492 e. The summed E-state index contributed by atoms with van der Waals surface area (Å²) in [5, 5.41) is 10.5. The van der Waals surface area contributed by atoms with Gasteiger partial charge in [0, 0.05) is 31.5 Å². The average Bonchev–Trinajstić information content (AvgIpc) is 2.92. The van der Waals surface area contributed by atoms with Gasteiger partial charge in [-0.3, -0.25) is 10.00 Å². The molecule has 1 atom stereocenters. The molecule has 4 nitrogen and oxygen atoms in total. The quantitative estimate of drug-likeness (QED) is 0.744. The third-order valence-electron chi connectivity index (χ3n) is 3.80. The minimum atomic E-state index is 0.583. The molecule has 3 heterocycles. The number of nitrogens with one attached hydrogen (secondary N) is 2. The maximum atomic E-state index is 3.99. The standard InChI is InChI=1S/C11H18N4/c1-4-13-14-10(1)7-15-6-3-11(9-15)2-5-12-8-11/h1,4,12H,2-3,5-9H2,(H,13,14). The maximum Gasteiger partial charge on any atom is 0.0492 e. The molecule has 1 aromatic rings. The van der Waals surface area contributed by atoms with Crippen molar-refractivity contribution < 1.29 is 0 Å². The van der Waals surface area contributed by atoms with Gasteiger partial charge in [0.15, 0.2) is 0 Å². The van der Waals surface area contributed by atoms with Crippen LogP contribution in [0.3, 0.4) is 0 Å². The zero-order valence-corrected chi connectivity index (χ0v) is 9.00. The minimum absolute atomic E-state index is 0.583. The fourth-order valence-electron chi connectivity index (χ4n) is 2.92. The second kappa shape index (κ2) is 3.61. The van der Waals surface area contributed by atoms with E-state index in [1.165, 1.54) is 44.7 Å². The van der Waals surface area contributed by atoms with Crippen molar-refractivity contribution in [2.45, 2.75) is 19.4 Å². The van der Waals surface area contributed by atoms with Crippen molar-refractivity contribution in [3.05, 3.63) is 18.0 Å². The van der Waals surface area contributed by atoms with Gasteiger partial charge in [-0.05, 0) is 37.4 Å². The largest absolute Gasteiger partial charge is 0.316 e. The van der Waals surface area contributed by atoms with E-state index in [1.54, 1.807) is 0 Å². The van der Waals surface area contributed by atoms with Gasteiger partial charge in [-0.15, -0.1) is 0 Å². The molecule has 0 aromatic carbocycles. The van der Waals surface area contributed by atoms with Gasteiger partial charge in [0.2, 0.25) is 0 Å². The summed E-state index contributed by atoms with van der Waals surface area (Å²) in [6, 6.07) is 2.07. The number of nitrogens with zero attached hydrogens (tertiary/aromatic N) is 2.